The van der Waals surface area contributed by atoms with Crippen molar-refractivity contribution in [3.63, 3.8) is 0 Å². The molecule has 1 N–H and O–H groups in total. The first-order valence-electron chi connectivity index (χ1n) is 7.90. The number of piperidine rings is 1. The van der Waals surface area contributed by atoms with E-state index < -0.39 is 0 Å². The molecular weight excluding hydrogens is 354 g/mol. The summed E-state index contributed by atoms with van der Waals surface area (Å²) in [4.78, 5) is 19.0. The van der Waals surface area contributed by atoms with Crippen LogP contribution >= 0.6 is 15.9 Å². The highest BCUT2D eigenvalue weighted by Gasteiger charge is 2.17. The quantitative estimate of drug-likeness (QED) is 0.870. The van der Waals surface area contributed by atoms with Crippen LogP contribution in [-0.4, -0.2) is 24.0 Å². The van der Waals surface area contributed by atoms with Gasteiger partial charge in [0.25, 0.3) is 5.91 Å². The first-order valence-corrected chi connectivity index (χ1v) is 8.69. The molecule has 1 aromatic heterocycles. The second kappa shape index (κ2) is 7.13. The second-order valence-corrected chi connectivity index (χ2v) is 6.86. The fourth-order valence-electron chi connectivity index (χ4n) is 2.76. The predicted octanol–water partition coefficient (Wildman–Crippen LogP) is 4.33. The Hall–Kier alpha value is -1.88. The fourth-order valence-corrected chi connectivity index (χ4v) is 3.14. The van der Waals surface area contributed by atoms with Crippen molar-refractivity contribution in [3.8, 4) is 0 Å². The van der Waals surface area contributed by atoms with Crippen molar-refractivity contribution in [2.75, 3.05) is 23.3 Å². The van der Waals surface area contributed by atoms with Crippen LogP contribution in [-0.2, 0) is 0 Å². The fraction of sp³-hybridized carbons (Fsp3) is 0.333. The highest BCUT2D eigenvalue weighted by molar-refractivity contribution is 9.10. The van der Waals surface area contributed by atoms with E-state index >= 15 is 0 Å². The summed E-state index contributed by atoms with van der Waals surface area (Å²) in [5.74, 6) is 0.593. The first kappa shape index (κ1) is 16.0. The molecule has 1 aromatic carbocycles. The van der Waals surface area contributed by atoms with Gasteiger partial charge < -0.3 is 10.2 Å². The third-order valence-electron chi connectivity index (χ3n) is 4.25. The molecule has 4 nitrogen and oxygen atoms in total. The summed E-state index contributed by atoms with van der Waals surface area (Å²) in [7, 11) is 0. The van der Waals surface area contributed by atoms with Crippen molar-refractivity contribution in [3.05, 3.63) is 52.8 Å². The minimum absolute atomic E-state index is 0.191. The molecule has 1 aliphatic rings. The lowest BCUT2D eigenvalue weighted by atomic mass is 9.99. The number of carbonyl (C=O) groups excluding carboxylic acids is 1. The van der Waals surface area contributed by atoms with E-state index in [1.54, 1.807) is 6.20 Å². The Kier molecular flexibility index (Phi) is 4.96. The Morgan fingerprint density at radius 1 is 1.26 bits per heavy atom. The lowest BCUT2D eigenvalue weighted by Crippen LogP contribution is -2.33. The van der Waals surface area contributed by atoms with Crippen LogP contribution in [0.25, 0.3) is 0 Å². The van der Waals surface area contributed by atoms with E-state index in [2.05, 4.69) is 38.1 Å². The van der Waals surface area contributed by atoms with Crippen LogP contribution in [0.1, 0.15) is 30.3 Å². The van der Waals surface area contributed by atoms with Crippen LogP contribution in [0, 0.1) is 5.92 Å². The number of hydrogen-bond acceptors (Lipinski definition) is 3. The molecule has 5 heteroatoms. The van der Waals surface area contributed by atoms with Crippen LogP contribution < -0.4 is 10.2 Å². The summed E-state index contributed by atoms with van der Waals surface area (Å²) in [5.41, 5.74) is 2.26. The maximum absolute atomic E-state index is 12.4. The maximum atomic E-state index is 12.4. The van der Waals surface area contributed by atoms with Crippen LogP contribution in [0.4, 0.5) is 11.4 Å². The van der Waals surface area contributed by atoms with Gasteiger partial charge in [0.15, 0.2) is 0 Å². The molecule has 1 saturated heterocycles. The van der Waals surface area contributed by atoms with E-state index in [-0.39, 0.29) is 5.91 Å². The summed E-state index contributed by atoms with van der Waals surface area (Å²) in [6.07, 6.45) is 4.10. The minimum atomic E-state index is -0.191. The monoisotopic (exact) mass is 373 g/mol. The number of nitrogens with one attached hydrogen (secondary N) is 1. The summed E-state index contributed by atoms with van der Waals surface area (Å²) < 4.78 is 0.856. The number of pyridine rings is 1. The number of amides is 1. The number of anilines is 2. The average Bonchev–Trinajstić information content (AvgIpc) is 2.58. The number of halogens is 1. The normalized spacial score (nSPS) is 15.5. The number of benzene rings is 1. The van der Waals surface area contributed by atoms with Crippen molar-refractivity contribution in [2.24, 2.45) is 5.92 Å². The molecule has 1 fully saturated rings. The first-order chi connectivity index (χ1) is 11.1. The lowest BCUT2D eigenvalue weighted by Gasteiger charge is -2.32. The highest BCUT2D eigenvalue weighted by Crippen LogP contribution is 2.24. The molecule has 2 heterocycles. The van der Waals surface area contributed by atoms with Crippen molar-refractivity contribution in [2.45, 2.75) is 19.8 Å². The Balaban J connectivity index is 1.74. The standard InChI is InChI=1S/C18H20BrN3O/c1-13-7-10-22(11-8-13)14-6-9-20-17(12-14)18(23)21-16-5-3-2-4-15(16)19/h2-6,9,12-13H,7-8,10-11H2,1H3,(H,21,23). The molecule has 0 saturated carbocycles. The Bertz CT molecular complexity index is 696. The topological polar surface area (TPSA) is 45.2 Å². The van der Waals surface area contributed by atoms with Crippen molar-refractivity contribution in [1.29, 1.82) is 0 Å². The zero-order valence-corrected chi connectivity index (χ0v) is 14.7. The average molecular weight is 374 g/mol. The number of hydrogen-bond donors (Lipinski definition) is 1. The van der Waals surface area contributed by atoms with Crippen LogP contribution in [0.2, 0.25) is 0 Å². The second-order valence-electron chi connectivity index (χ2n) is 6.00. The number of rotatable bonds is 3. The van der Waals surface area contributed by atoms with Crippen molar-refractivity contribution >= 4 is 33.2 Å². The number of carbonyl (C=O) groups is 1. The van der Waals surface area contributed by atoms with E-state index in [0.717, 1.165) is 34.9 Å². The molecule has 0 aliphatic carbocycles. The van der Waals surface area contributed by atoms with Gasteiger partial charge in [-0.2, -0.15) is 0 Å². The summed E-state index contributed by atoms with van der Waals surface area (Å²) >= 11 is 3.44. The van der Waals surface area contributed by atoms with Gasteiger partial charge in [-0.25, -0.2) is 0 Å². The molecule has 1 amide bonds. The van der Waals surface area contributed by atoms with Gasteiger partial charge in [-0.3, -0.25) is 9.78 Å². The molecule has 120 valence electrons. The molecule has 3 rings (SSSR count). The molecule has 0 radical (unpaired) electrons. The summed E-state index contributed by atoms with van der Waals surface area (Å²) in [5, 5.41) is 2.90. The van der Waals surface area contributed by atoms with Gasteiger partial charge >= 0.3 is 0 Å². The Labute approximate surface area is 145 Å². The minimum Gasteiger partial charge on any atom is -0.371 e. The predicted molar refractivity (Wildman–Crippen MR) is 96.9 cm³/mol. The van der Waals surface area contributed by atoms with Gasteiger partial charge in [-0.15, -0.1) is 0 Å². The van der Waals surface area contributed by atoms with Gasteiger partial charge in [0.05, 0.1) is 5.69 Å². The summed E-state index contributed by atoms with van der Waals surface area (Å²) in [6.45, 7) is 4.37. The van der Waals surface area contributed by atoms with E-state index in [4.69, 9.17) is 0 Å². The molecule has 0 bridgehead atoms. The van der Waals surface area contributed by atoms with E-state index in [1.807, 2.05) is 36.4 Å². The lowest BCUT2D eigenvalue weighted by molar-refractivity contribution is 0.102. The van der Waals surface area contributed by atoms with Gasteiger partial charge in [0, 0.05) is 29.4 Å². The van der Waals surface area contributed by atoms with Crippen molar-refractivity contribution < 1.29 is 4.79 Å². The maximum Gasteiger partial charge on any atom is 0.274 e. The SMILES string of the molecule is CC1CCN(c2ccnc(C(=O)Nc3ccccc3Br)c2)CC1. The zero-order valence-electron chi connectivity index (χ0n) is 13.1. The Morgan fingerprint density at radius 3 is 2.74 bits per heavy atom. The molecular formula is C18H20BrN3O. The molecule has 1 aliphatic heterocycles. The third-order valence-corrected chi connectivity index (χ3v) is 4.94. The van der Waals surface area contributed by atoms with Crippen LogP contribution in [0.3, 0.4) is 0 Å². The molecule has 23 heavy (non-hydrogen) atoms. The number of aromatic nitrogens is 1. The smallest absolute Gasteiger partial charge is 0.274 e. The summed E-state index contributed by atoms with van der Waals surface area (Å²) in [6, 6.07) is 11.4. The van der Waals surface area contributed by atoms with Crippen molar-refractivity contribution in [1.82, 2.24) is 4.98 Å². The van der Waals surface area contributed by atoms with Gasteiger partial charge in [-0.1, -0.05) is 19.1 Å². The van der Waals surface area contributed by atoms with Gasteiger partial charge in [0.1, 0.15) is 5.69 Å². The van der Waals surface area contributed by atoms with E-state index in [9.17, 15) is 4.79 Å². The van der Waals surface area contributed by atoms with Gasteiger partial charge in [0.2, 0.25) is 0 Å². The molecule has 2 aromatic rings. The van der Waals surface area contributed by atoms with Crippen LogP contribution in [0.15, 0.2) is 47.1 Å². The zero-order chi connectivity index (χ0) is 16.2. The highest BCUT2D eigenvalue weighted by atomic mass is 79.9. The molecule has 0 spiro atoms. The molecule has 0 atom stereocenters. The largest absolute Gasteiger partial charge is 0.371 e. The molecule has 0 unspecified atom stereocenters. The van der Waals surface area contributed by atoms with E-state index in [0.29, 0.717) is 5.69 Å². The number of nitrogens with zero attached hydrogens (tertiary/aromatic N) is 2. The Morgan fingerprint density at radius 2 is 2.00 bits per heavy atom. The van der Waals surface area contributed by atoms with Crippen LogP contribution in [0.5, 0.6) is 0 Å². The van der Waals surface area contributed by atoms with Gasteiger partial charge in [-0.05, 0) is 59.0 Å². The number of para-hydroxylation sites is 1. The third kappa shape index (κ3) is 3.91. The van der Waals surface area contributed by atoms with E-state index in [1.165, 1.54) is 12.8 Å².